The van der Waals surface area contributed by atoms with Gasteiger partial charge in [-0.25, -0.2) is 4.99 Å². The predicted molar refractivity (Wildman–Crippen MR) is 106 cm³/mol. The first-order valence-corrected chi connectivity index (χ1v) is 9.08. The quantitative estimate of drug-likeness (QED) is 0.397. The van der Waals surface area contributed by atoms with Crippen LogP contribution in [-0.4, -0.2) is 11.2 Å². The average molecular weight is 356 g/mol. The number of aromatic nitrogens is 1. The van der Waals surface area contributed by atoms with Crippen LogP contribution < -0.4 is 0 Å². The highest BCUT2D eigenvalue weighted by molar-refractivity contribution is 7.99. The van der Waals surface area contributed by atoms with E-state index in [1.165, 1.54) is 0 Å². The van der Waals surface area contributed by atoms with Gasteiger partial charge in [-0.3, -0.25) is 0 Å². The Bertz CT molecular complexity index is 996. The van der Waals surface area contributed by atoms with E-state index in [0.29, 0.717) is 11.8 Å². The first-order chi connectivity index (χ1) is 12.9. The molecule has 3 aromatic carbocycles. The van der Waals surface area contributed by atoms with Crippen LogP contribution in [0.5, 0.6) is 0 Å². The molecule has 0 aliphatic heterocycles. The molecule has 26 heavy (non-hydrogen) atoms. The average Bonchev–Trinajstić information content (AvgIpc) is 3.11. The number of nitrogens with zero attached hydrogens (tertiary/aromatic N) is 2. The Balaban J connectivity index is 1.70. The molecule has 0 unspecified atom stereocenters. The van der Waals surface area contributed by atoms with E-state index in [-0.39, 0.29) is 0 Å². The summed E-state index contributed by atoms with van der Waals surface area (Å²) in [4.78, 5) is 10.3. The van der Waals surface area contributed by atoms with Crippen LogP contribution in [0, 0.1) is 0 Å². The molecule has 3 nitrogen and oxygen atoms in total. The van der Waals surface area contributed by atoms with Crippen molar-refractivity contribution in [1.29, 1.82) is 0 Å². The van der Waals surface area contributed by atoms with Gasteiger partial charge in [0.1, 0.15) is 0 Å². The molecular weight excluding hydrogens is 340 g/mol. The fourth-order valence-electron chi connectivity index (χ4n) is 2.42. The number of oxazole rings is 1. The maximum Gasteiger partial charge on any atom is 0.254 e. The van der Waals surface area contributed by atoms with Crippen molar-refractivity contribution >= 4 is 23.9 Å². The van der Waals surface area contributed by atoms with Gasteiger partial charge in [0.2, 0.25) is 5.89 Å². The molecule has 1 aromatic heterocycles. The van der Waals surface area contributed by atoms with Gasteiger partial charge < -0.3 is 4.42 Å². The molecule has 0 radical (unpaired) electrons. The highest BCUT2D eigenvalue weighted by Gasteiger charge is 2.15. The minimum absolute atomic E-state index is 0.515. The smallest absolute Gasteiger partial charge is 0.254 e. The van der Waals surface area contributed by atoms with E-state index in [2.05, 4.69) is 9.98 Å². The zero-order valence-corrected chi connectivity index (χ0v) is 14.8. The number of benzene rings is 3. The van der Waals surface area contributed by atoms with Crippen molar-refractivity contribution < 1.29 is 4.42 Å². The zero-order valence-electron chi connectivity index (χ0n) is 13.9. The minimum atomic E-state index is 0.515. The molecular formula is C22H16N2OS. The number of rotatable bonds is 5. The van der Waals surface area contributed by atoms with Crippen molar-refractivity contribution in [3.63, 3.8) is 0 Å². The maximum absolute atomic E-state index is 5.96. The Hall–Kier alpha value is -3.11. The van der Waals surface area contributed by atoms with Gasteiger partial charge in [0.15, 0.2) is 5.03 Å². The third-order valence-corrected chi connectivity index (χ3v) is 4.66. The first kappa shape index (κ1) is 16.4. The molecule has 0 saturated heterocycles. The molecule has 0 aliphatic carbocycles. The summed E-state index contributed by atoms with van der Waals surface area (Å²) in [6, 6.07) is 29.9. The standard InChI is InChI=1S/C22H16N2OS/c1-4-10-17(11-5-1)16-23-21-22(26-19-14-8-3-9-15-19)24-20(25-21)18-12-6-2-7-13-18/h1-16H/b23-16+. The number of aliphatic imine (C=N–C) groups is 1. The maximum atomic E-state index is 5.96. The van der Waals surface area contributed by atoms with Gasteiger partial charge in [-0.05, 0) is 29.8 Å². The van der Waals surface area contributed by atoms with Gasteiger partial charge in [-0.15, -0.1) is 0 Å². The lowest BCUT2D eigenvalue weighted by molar-refractivity contribution is 0.582. The summed E-state index contributed by atoms with van der Waals surface area (Å²) in [6.45, 7) is 0. The van der Waals surface area contributed by atoms with Gasteiger partial charge in [-0.2, -0.15) is 4.98 Å². The van der Waals surface area contributed by atoms with Crippen LogP contribution in [0.15, 0.2) is 110 Å². The summed E-state index contributed by atoms with van der Waals surface area (Å²) in [7, 11) is 0. The summed E-state index contributed by atoms with van der Waals surface area (Å²) >= 11 is 1.55. The van der Waals surface area contributed by atoms with Crippen molar-refractivity contribution in [3.05, 3.63) is 96.6 Å². The number of hydrogen-bond donors (Lipinski definition) is 0. The van der Waals surface area contributed by atoms with E-state index in [0.717, 1.165) is 21.0 Å². The van der Waals surface area contributed by atoms with Crippen LogP contribution in [0.25, 0.3) is 11.5 Å². The second-order valence-electron chi connectivity index (χ2n) is 5.58. The predicted octanol–water partition coefficient (Wildman–Crippen LogP) is 6.24. The Morgan fingerprint density at radius 1 is 0.769 bits per heavy atom. The SMILES string of the molecule is C(=N\c1oc(-c2ccccc2)nc1Sc1ccccc1)/c1ccccc1. The highest BCUT2D eigenvalue weighted by atomic mass is 32.2. The van der Waals surface area contributed by atoms with Crippen LogP contribution in [0.3, 0.4) is 0 Å². The van der Waals surface area contributed by atoms with Crippen molar-refractivity contribution in [2.45, 2.75) is 9.92 Å². The van der Waals surface area contributed by atoms with Crippen LogP contribution in [-0.2, 0) is 0 Å². The Labute approximate surface area is 156 Å². The topological polar surface area (TPSA) is 38.4 Å². The van der Waals surface area contributed by atoms with Gasteiger partial charge in [0, 0.05) is 16.7 Å². The fourth-order valence-corrected chi connectivity index (χ4v) is 3.25. The molecule has 4 rings (SSSR count). The third-order valence-electron chi connectivity index (χ3n) is 3.69. The van der Waals surface area contributed by atoms with Crippen molar-refractivity contribution in [2.75, 3.05) is 0 Å². The Morgan fingerprint density at radius 2 is 1.38 bits per heavy atom. The lowest BCUT2D eigenvalue weighted by atomic mass is 10.2. The molecule has 126 valence electrons. The Kier molecular flexibility index (Phi) is 4.94. The Morgan fingerprint density at radius 3 is 2.08 bits per heavy atom. The lowest BCUT2D eigenvalue weighted by Gasteiger charge is -1.97. The molecule has 0 atom stereocenters. The van der Waals surface area contributed by atoms with Crippen molar-refractivity contribution in [2.24, 2.45) is 4.99 Å². The summed E-state index contributed by atoms with van der Waals surface area (Å²) in [5.74, 6) is 1.09. The van der Waals surface area contributed by atoms with E-state index in [4.69, 9.17) is 4.42 Å². The lowest BCUT2D eigenvalue weighted by Crippen LogP contribution is -1.79. The molecule has 1 heterocycles. The largest absolute Gasteiger partial charge is 0.417 e. The second kappa shape index (κ2) is 7.85. The number of hydrogen-bond acceptors (Lipinski definition) is 4. The fraction of sp³-hybridized carbons (Fsp3) is 0. The molecule has 0 saturated carbocycles. The van der Waals surface area contributed by atoms with E-state index >= 15 is 0 Å². The summed E-state index contributed by atoms with van der Waals surface area (Å²) in [6.07, 6.45) is 1.80. The van der Waals surface area contributed by atoms with Gasteiger partial charge in [-0.1, -0.05) is 78.5 Å². The van der Waals surface area contributed by atoms with Gasteiger partial charge in [0.05, 0.1) is 0 Å². The van der Waals surface area contributed by atoms with Crippen LogP contribution in [0.1, 0.15) is 5.56 Å². The summed E-state index contributed by atoms with van der Waals surface area (Å²) in [5, 5.41) is 0.752. The second-order valence-corrected chi connectivity index (χ2v) is 6.64. The van der Waals surface area contributed by atoms with Crippen LogP contribution >= 0.6 is 11.8 Å². The van der Waals surface area contributed by atoms with E-state index in [9.17, 15) is 0 Å². The van der Waals surface area contributed by atoms with Crippen LogP contribution in [0.2, 0.25) is 0 Å². The van der Waals surface area contributed by atoms with Gasteiger partial charge in [0.25, 0.3) is 5.88 Å². The van der Waals surface area contributed by atoms with E-state index in [1.54, 1.807) is 18.0 Å². The molecule has 0 spiro atoms. The van der Waals surface area contributed by atoms with Crippen molar-refractivity contribution in [1.82, 2.24) is 4.98 Å². The summed E-state index contributed by atoms with van der Waals surface area (Å²) in [5.41, 5.74) is 1.95. The third kappa shape index (κ3) is 3.92. The minimum Gasteiger partial charge on any atom is -0.417 e. The van der Waals surface area contributed by atoms with Crippen molar-refractivity contribution in [3.8, 4) is 11.5 Å². The molecule has 0 N–H and O–H groups in total. The molecule has 0 amide bonds. The summed E-state index contributed by atoms with van der Waals surface area (Å²) < 4.78 is 5.96. The first-order valence-electron chi connectivity index (χ1n) is 8.27. The van der Waals surface area contributed by atoms with E-state index in [1.807, 2.05) is 91.0 Å². The molecule has 4 aromatic rings. The monoisotopic (exact) mass is 356 g/mol. The molecule has 0 aliphatic rings. The molecule has 0 bridgehead atoms. The van der Waals surface area contributed by atoms with Crippen LogP contribution in [0.4, 0.5) is 5.88 Å². The highest BCUT2D eigenvalue weighted by Crippen LogP contribution is 2.37. The van der Waals surface area contributed by atoms with Gasteiger partial charge >= 0.3 is 0 Å². The molecule has 0 fully saturated rings. The zero-order chi connectivity index (χ0) is 17.6. The normalized spacial score (nSPS) is 11.1. The van der Waals surface area contributed by atoms with E-state index < -0.39 is 0 Å². The molecule has 4 heteroatoms.